The Bertz CT molecular complexity index is 924. The quantitative estimate of drug-likeness (QED) is 0.834. The van der Waals surface area contributed by atoms with Crippen LogP contribution in [0.5, 0.6) is 0 Å². The van der Waals surface area contributed by atoms with Crippen molar-refractivity contribution in [1.29, 1.82) is 0 Å². The van der Waals surface area contributed by atoms with E-state index in [4.69, 9.17) is 0 Å². The van der Waals surface area contributed by atoms with Gasteiger partial charge in [-0.25, -0.2) is 22.9 Å². The van der Waals surface area contributed by atoms with E-state index in [9.17, 15) is 13.2 Å². The molecule has 1 atom stereocenters. The van der Waals surface area contributed by atoms with Gasteiger partial charge in [-0.1, -0.05) is 6.07 Å². The van der Waals surface area contributed by atoms with Crippen LogP contribution in [0, 0.1) is 13.8 Å². The molecule has 1 saturated heterocycles. The normalized spacial score (nSPS) is 17.5. The summed E-state index contributed by atoms with van der Waals surface area (Å²) in [4.78, 5) is 19.2. The largest absolute Gasteiger partial charge is 0.322 e. The average molecular weight is 395 g/mol. The van der Waals surface area contributed by atoms with E-state index < -0.39 is 10.0 Å². The molecule has 0 saturated carbocycles. The maximum atomic E-state index is 12.8. The van der Waals surface area contributed by atoms with Crippen molar-refractivity contribution in [2.75, 3.05) is 18.9 Å². The first-order valence-corrected chi connectivity index (χ1v) is 10.7. The van der Waals surface area contributed by atoms with Crippen molar-refractivity contribution >= 4 is 33.1 Å². The summed E-state index contributed by atoms with van der Waals surface area (Å²) < 4.78 is 26.3. The fourth-order valence-electron chi connectivity index (χ4n) is 3.06. The molecule has 1 unspecified atom stereocenters. The third kappa shape index (κ3) is 3.74. The van der Waals surface area contributed by atoms with Crippen molar-refractivity contribution in [3.05, 3.63) is 39.8 Å². The molecular weight excluding hydrogens is 372 g/mol. The van der Waals surface area contributed by atoms with Gasteiger partial charge < -0.3 is 10.2 Å². The van der Waals surface area contributed by atoms with Crippen LogP contribution in [0.15, 0.2) is 28.5 Å². The van der Waals surface area contributed by atoms with E-state index in [2.05, 4.69) is 15.0 Å². The van der Waals surface area contributed by atoms with Gasteiger partial charge in [-0.3, -0.25) is 0 Å². The molecule has 1 aliphatic rings. The summed E-state index contributed by atoms with van der Waals surface area (Å²) in [7, 11) is -2.21. The zero-order chi connectivity index (χ0) is 18.9. The monoisotopic (exact) mass is 394 g/mol. The van der Waals surface area contributed by atoms with Crippen LogP contribution in [0.1, 0.15) is 35.1 Å². The molecule has 2 heterocycles. The summed E-state index contributed by atoms with van der Waals surface area (Å²) in [6.07, 6.45) is 1.80. The van der Waals surface area contributed by atoms with Crippen molar-refractivity contribution in [3.63, 3.8) is 0 Å². The predicted octanol–water partition coefficient (Wildman–Crippen LogP) is 3.04. The number of likely N-dealkylation sites (tertiary alicyclic amines) is 1. The van der Waals surface area contributed by atoms with Gasteiger partial charge in [0.15, 0.2) is 0 Å². The maximum absolute atomic E-state index is 12.8. The zero-order valence-electron chi connectivity index (χ0n) is 14.9. The molecule has 0 aliphatic carbocycles. The summed E-state index contributed by atoms with van der Waals surface area (Å²) in [5, 5.41) is 5.84. The predicted molar refractivity (Wildman–Crippen MR) is 102 cm³/mol. The van der Waals surface area contributed by atoms with Crippen LogP contribution in [0.25, 0.3) is 0 Å². The van der Waals surface area contributed by atoms with Gasteiger partial charge in [0.2, 0.25) is 10.0 Å². The van der Waals surface area contributed by atoms with Crippen molar-refractivity contribution < 1.29 is 13.2 Å². The van der Waals surface area contributed by atoms with Gasteiger partial charge in [-0.15, -0.1) is 11.3 Å². The minimum absolute atomic E-state index is 0.0375. The van der Waals surface area contributed by atoms with E-state index in [0.717, 1.165) is 29.1 Å². The standard InChI is InChI=1S/C17H22N4O3S2/c1-11-6-7-13(26(23,24)18-3)9-14(11)20-17(22)21-8-4-5-16(21)15-10-25-12(2)19-15/h6-7,9-10,16,18H,4-5,8H2,1-3H3,(H,20,22). The second-order valence-corrected chi connectivity index (χ2v) is 9.21. The molecule has 2 aromatic rings. The first-order valence-electron chi connectivity index (χ1n) is 8.35. The molecule has 3 rings (SSSR count). The molecule has 0 bridgehead atoms. The summed E-state index contributed by atoms with van der Waals surface area (Å²) in [5.41, 5.74) is 2.21. The van der Waals surface area contributed by atoms with Crippen LogP contribution in [0.4, 0.5) is 10.5 Å². The number of nitrogens with zero attached hydrogens (tertiary/aromatic N) is 2. The number of amides is 2. The van der Waals surface area contributed by atoms with Gasteiger partial charge >= 0.3 is 6.03 Å². The number of benzene rings is 1. The summed E-state index contributed by atoms with van der Waals surface area (Å²) >= 11 is 1.58. The van der Waals surface area contributed by atoms with Gasteiger partial charge in [0.25, 0.3) is 0 Å². The molecule has 1 aliphatic heterocycles. The highest BCUT2D eigenvalue weighted by Gasteiger charge is 2.31. The highest BCUT2D eigenvalue weighted by Crippen LogP contribution is 2.33. The molecule has 9 heteroatoms. The number of hydrogen-bond acceptors (Lipinski definition) is 5. The number of urea groups is 1. The first-order chi connectivity index (χ1) is 12.3. The minimum Gasteiger partial charge on any atom is -0.316 e. The Balaban J connectivity index is 1.82. The first kappa shape index (κ1) is 18.8. The molecule has 1 fully saturated rings. The fourth-order valence-corrected chi connectivity index (χ4v) is 4.47. The second kappa shape index (κ2) is 7.34. The molecule has 140 valence electrons. The van der Waals surface area contributed by atoms with E-state index in [0.29, 0.717) is 12.2 Å². The molecule has 1 aromatic heterocycles. The third-order valence-corrected chi connectivity index (χ3v) is 6.73. The summed E-state index contributed by atoms with van der Waals surface area (Å²) in [6, 6.07) is 4.42. The maximum Gasteiger partial charge on any atom is 0.322 e. The van der Waals surface area contributed by atoms with Crippen LogP contribution in [-0.4, -0.2) is 37.9 Å². The smallest absolute Gasteiger partial charge is 0.316 e. The van der Waals surface area contributed by atoms with Crippen LogP contribution in [0.3, 0.4) is 0 Å². The summed E-state index contributed by atoms with van der Waals surface area (Å²) in [6.45, 7) is 4.43. The topological polar surface area (TPSA) is 91.4 Å². The number of carbonyl (C=O) groups excluding carboxylic acids is 1. The Labute approximate surface area is 157 Å². The molecular formula is C17H22N4O3S2. The van der Waals surface area contributed by atoms with Gasteiger partial charge in [0.1, 0.15) is 0 Å². The van der Waals surface area contributed by atoms with E-state index in [-0.39, 0.29) is 17.0 Å². The Morgan fingerprint density at radius 2 is 2.12 bits per heavy atom. The van der Waals surface area contributed by atoms with Crippen LogP contribution in [-0.2, 0) is 10.0 Å². The molecule has 2 N–H and O–H groups in total. The van der Waals surface area contributed by atoms with Gasteiger partial charge in [-0.2, -0.15) is 0 Å². The van der Waals surface area contributed by atoms with Crippen LogP contribution < -0.4 is 10.0 Å². The van der Waals surface area contributed by atoms with Gasteiger partial charge in [0, 0.05) is 17.6 Å². The minimum atomic E-state index is -3.57. The molecule has 2 amide bonds. The lowest BCUT2D eigenvalue weighted by Crippen LogP contribution is -2.34. The SMILES string of the molecule is CNS(=O)(=O)c1ccc(C)c(NC(=O)N2CCCC2c2csc(C)n2)c1. The van der Waals surface area contributed by atoms with Crippen LogP contribution >= 0.6 is 11.3 Å². The zero-order valence-corrected chi connectivity index (χ0v) is 16.6. The lowest BCUT2D eigenvalue weighted by Gasteiger charge is -2.24. The van der Waals surface area contributed by atoms with Crippen molar-refractivity contribution in [3.8, 4) is 0 Å². The highest BCUT2D eigenvalue weighted by atomic mass is 32.2. The van der Waals surface area contributed by atoms with E-state index in [1.165, 1.54) is 19.2 Å². The Morgan fingerprint density at radius 1 is 1.35 bits per heavy atom. The number of rotatable bonds is 4. The van der Waals surface area contributed by atoms with E-state index >= 15 is 0 Å². The Morgan fingerprint density at radius 3 is 2.77 bits per heavy atom. The number of nitrogens with one attached hydrogen (secondary N) is 2. The molecule has 0 spiro atoms. The average Bonchev–Trinajstić information content (AvgIpc) is 3.25. The number of sulfonamides is 1. The van der Waals surface area contributed by atoms with E-state index in [1.54, 1.807) is 22.3 Å². The number of anilines is 1. The van der Waals surface area contributed by atoms with E-state index in [1.807, 2.05) is 19.2 Å². The van der Waals surface area contributed by atoms with Gasteiger partial charge in [0.05, 0.1) is 21.6 Å². The van der Waals surface area contributed by atoms with Crippen molar-refractivity contribution in [2.24, 2.45) is 0 Å². The lowest BCUT2D eigenvalue weighted by molar-refractivity contribution is 0.206. The molecule has 1 aromatic carbocycles. The van der Waals surface area contributed by atoms with Crippen molar-refractivity contribution in [1.82, 2.24) is 14.6 Å². The van der Waals surface area contributed by atoms with Crippen LogP contribution in [0.2, 0.25) is 0 Å². The Kier molecular flexibility index (Phi) is 5.31. The number of carbonyl (C=O) groups is 1. The lowest BCUT2D eigenvalue weighted by atomic mass is 10.1. The number of aromatic nitrogens is 1. The molecule has 7 nitrogen and oxygen atoms in total. The Hall–Kier alpha value is -1.97. The second-order valence-electron chi connectivity index (χ2n) is 6.26. The highest BCUT2D eigenvalue weighted by molar-refractivity contribution is 7.89. The fraction of sp³-hybridized carbons (Fsp3) is 0.412. The van der Waals surface area contributed by atoms with Crippen molar-refractivity contribution in [2.45, 2.75) is 37.6 Å². The molecule has 0 radical (unpaired) electrons. The molecule has 26 heavy (non-hydrogen) atoms. The third-order valence-electron chi connectivity index (χ3n) is 4.52. The number of hydrogen-bond donors (Lipinski definition) is 2. The number of thiazole rings is 1. The van der Waals surface area contributed by atoms with Gasteiger partial charge in [-0.05, 0) is 51.4 Å². The number of aryl methyl sites for hydroxylation is 2. The summed E-state index contributed by atoms with van der Waals surface area (Å²) in [5.74, 6) is 0.